The minimum atomic E-state index is -0.523. The van der Waals surface area contributed by atoms with Crippen molar-refractivity contribution < 1.29 is 5.11 Å². The Labute approximate surface area is 135 Å². The van der Waals surface area contributed by atoms with Crippen LogP contribution in [-0.2, 0) is 6.54 Å². The Bertz CT molecular complexity index is 444. The van der Waals surface area contributed by atoms with Crippen molar-refractivity contribution in [1.82, 2.24) is 5.32 Å². The molecule has 0 atom stereocenters. The molecule has 0 radical (unpaired) electrons. The van der Waals surface area contributed by atoms with E-state index in [1.54, 1.807) is 0 Å². The second-order valence-electron chi connectivity index (χ2n) is 5.92. The van der Waals surface area contributed by atoms with E-state index in [1.807, 2.05) is 18.2 Å². The van der Waals surface area contributed by atoms with E-state index in [0.29, 0.717) is 6.54 Å². The zero-order valence-corrected chi connectivity index (χ0v) is 14.3. The standard InChI is InChI=1S/C16H23BrClNO/c1-2-12-5-7-16(20,8-6-12)11-19-10-13-3-4-14(18)9-15(13)17/h3-4,9,12,19-20H,2,5-8,10-11H2,1H3. The minimum absolute atomic E-state index is 0.523. The van der Waals surface area contributed by atoms with Crippen LogP contribution in [0.3, 0.4) is 0 Å². The summed E-state index contributed by atoms with van der Waals surface area (Å²) in [6, 6.07) is 5.81. The second kappa shape index (κ2) is 7.26. The van der Waals surface area contributed by atoms with Gasteiger partial charge in [-0.05, 0) is 49.3 Å². The predicted octanol–water partition coefficient (Wildman–Crippen LogP) is 4.52. The number of halogens is 2. The molecule has 20 heavy (non-hydrogen) atoms. The highest BCUT2D eigenvalue weighted by Gasteiger charge is 2.32. The van der Waals surface area contributed by atoms with Crippen molar-refractivity contribution in [3.05, 3.63) is 33.3 Å². The SMILES string of the molecule is CCC1CCC(O)(CNCc2ccc(Cl)cc2Br)CC1. The second-order valence-corrected chi connectivity index (χ2v) is 7.21. The van der Waals surface area contributed by atoms with Crippen molar-refractivity contribution in [1.29, 1.82) is 0 Å². The Morgan fingerprint density at radius 2 is 2.10 bits per heavy atom. The molecule has 1 aromatic carbocycles. The van der Waals surface area contributed by atoms with E-state index in [-0.39, 0.29) is 0 Å². The van der Waals surface area contributed by atoms with E-state index in [2.05, 4.69) is 28.2 Å². The first kappa shape index (κ1) is 16.3. The molecule has 1 aromatic rings. The maximum absolute atomic E-state index is 10.6. The highest BCUT2D eigenvalue weighted by atomic mass is 79.9. The predicted molar refractivity (Wildman–Crippen MR) is 88.1 cm³/mol. The van der Waals surface area contributed by atoms with Gasteiger partial charge in [-0.15, -0.1) is 0 Å². The summed E-state index contributed by atoms with van der Waals surface area (Å²) in [5.41, 5.74) is 0.644. The Hall–Kier alpha value is -0.0900. The smallest absolute Gasteiger partial charge is 0.0771 e. The van der Waals surface area contributed by atoms with Gasteiger partial charge >= 0.3 is 0 Å². The molecule has 0 heterocycles. The summed E-state index contributed by atoms with van der Waals surface area (Å²) in [4.78, 5) is 0. The lowest BCUT2D eigenvalue weighted by Gasteiger charge is -2.36. The van der Waals surface area contributed by atoms with Gasteiger partial charge in [0, 0.05) is 22.6 Å². The molecule has 0 spiro atoms. The molecule has 112 valence electrons. The van der Waals surface area contributed by atoms with E-state index in [4.69, 9.17) is 11.6 Å². The van der Waals surface area contributed by atoms with Gasteiger partial charge in [0.2, 0.25) is 0 Å². The molecule has 1 fully saturated rings. The van der Waals surface area contributed by atoms with Gasteiger partial charge in [-0.2, -0.15) is 0 Å². The van der Waals surface area contributed by atoms with Crippen LogP contribution in [0.1, 0.15) is 44.6 Å². The molecular weight excluding hydrogens is 338 g/mol. The number of benzene rings is 1. The molecule has 1 aliphatic carbocycles. The van der Waals surface area contributed by atoms with Gasteiger partial charge in [0.05, 0.1) is 5.60 Å². The van der Waals surface area contributed by atoms with E-state index in [0.717, 1.165) is 47.6 Å². The van der Waals surface area contributed by atoms with Gasteiger partial charge in [-0.25, -0.2) is 0 Å². The summed E-state index contributed by atoms with van der Waals surface area (Å²) in [6.45, 7) is 3.65. The molecular formula is C16H23BrClNO. The highest BCUT2D eigenvalue weighted by Crippen LogP contribution is 2.33. The summed E-state index contributed by atoms with van der Waals surface area (Å²) in [6.07, 6.45) is 5.38. The summed E-state index contributed by atoms with van der Waals surface area (Å²) >= 11 is 9.45. The van der Waals surface area contributed by atoms with E-state index < -0.39 is 5.60 Å². The molecule has 0 saturated heterocycles. The molecule has 0 unspecified atom stereocenters. The average molecular weight is 361 g/mol. The lowest BCUT2D eigenvalue weighted by atomic mass is 9.78. The first-order valence-corrected chi connectivity index (χ1v) is 8.56. The molecule has 4 heteroatoms. The van der Waals surface area contributed by atoms with Crippen LogP contribution in [0.5, 0.6) is 0 Å². The molecule has 0 bridgehead atoms. The quantitative estimate of drug-likeness (QED) is 0.809. The summed E-state index contributed by atoms with van der Waals surface area (Å²) in [5.74, 6) is 0.806. The Kier molecular flexibility index (Phi) is 5.91. The van der Waals surface area contributed by atoms with Crippen LogP contribution < -0.4 is 5.32 Å². The van der Waals surface area contributed by atoms with Gasteiger partial charge in [0.1, 0.15) is 0 Å². The molecule has 1 saturated carbocycles. The van der Waals surface area contributed by atoms with Gasteiger partial charge in [0.25, 0.3) is 0 Å². The van der Waals surface area contributed by atoms with Gasteiger partial charge in [-0.1, -0.05) is 46.9 Å². The van der Waals surface area contributed by atoms with Crippen LogP contribution in [0.25, 0.3) is 0 Å². The Balaban J connectivity index is 1.80. The fourth-order valence-corrected chi connectivity index (χ4v) is 3.72. The zero-order valence-electron chi connectivity index (χ0n) is 12.0. The largest absolute Gasteiger partial charge is 0.389 e. The fraction of sp³-hybridized carbons (Fsp3) is 0.625. The third kappa shape index (κ3) is 4.45. The number of rotatable bonds is 5. The first-order valence-electron chi connectivity index (χ1n) is 7.39. The van der Waals surface area contributed by atoms with Crippen molar-refractivity contribution in [2.45, 2.75) is 51.2 Å². The van der Waals surface area contributed by atoms with Crippen molar-refractivity contribution in [2.24, 2.45) is 5.92 Å². The zero-order chi connectivity index (χ0) is 14.6. The third-order valence-corrected chi connectivity index (χ3v) is 5.37. The van der Waals surface area contributed by atoms with Crippen LogP contribution in [-0.4, -0.2) is 17.3 Å². The van der Waals surface area contributed by atoms with Gasteiger partial charge in [0.15, 0.2) is 0 Å². The number of hydrogen-bond acceptors (Lipinski definition) is 2. The van der Waals surface area contributed by atoms with Crippen LogP contribution in [0.2, 0.25) is 5.02 Å². The van der Waals surface area contributed by atoms with Crippen LogP contribution >= 0.6 is 27.5 Å². The average Bonchev–Trinajstić information content (AvgIpc) is 2.42. The lowest BCUT2D eigenvalue weighted by molar-refractivity contribution is -0.00881. The molecule has 2 N–H and O–H groups in total. The van der Waals surface area contributed by atoms with E-state index in [9.17, 15) is 5.11 Å². The normalized spacial score (nSPS) is 26.7. The fourth-order valence-electron chi connectivity index (χ4n) is 2.89. The van der Waals surface area contributed by atoms with Crippen molar-refractivity contribution in [3.63, 3.8) is 0 Å². The monoisotopic (exact) mass is 359 g/mol. The molecule has 2 rings (SSSR count). The van der Waals surface area contributed by atoms with Crippen LogP contribution in [0, 0.1) is 5.92 Å². The van der Waals surface area contributed by atoms with Crippen molar-refractivity contribution in [2.75, 3.05) is 6.54 Å². The summed E-state index contributed by atoms with van der Waals surface area (Å²) < 4.78 is 1.01. The lowest BCUT2D eigenvalue weighted by Crippen LogP contribution is -2.43. The Morgan fingerprint density at radius 3 is 2.70 bits per heavy atom. The first-order chi connectivity index (χ1) is 9.52. The third-order valence-electron chi connectivity index (χ3n) is 4.40. The Morgan fingerprint density at radius 1 is 1.40 bits per heavy atom. The van der Waals surface area contributed by atoms with Gasteiger partial charge in [-0.3, -0.25) is 0 Å². The van der Waals surface area contributed by atoms with E-state index in [1.165, 1.54) is 12.0 Å². The maximum atomic E-state index is 10.6. The molecule has 2 nitrogen and oxygen atoms in total. The summed E-state index contributed by atoms with van der Waals surface area (Å²) in [5, 5.41) is 14.7. The summed E-state index contributed by atoms with van der Waals surface area (Å²) in [7, 11) is 0. The van der Waals surface area contributed by atoms with Gasteiger partial charge < -0.3 is 10.4 Å². The van der Waals surface area contributed by atoms with Crippen molar-refractivity contribution >= 4 is 27.5 Å². The number of hydrogen-bond donors (Lipinski definition) is 2. The van der Waals surface area contributed by atoms with Crippen LogP contribution in [0.4, 0.5) is 0 Å². The van der Waals surface area contributed by atoms with E-state index >= 15 is 0 Å². The molecule has 1 aliphatic rings. The number of nitrogens with one attached hydrogen (secondary N) is 1. The molecule has 0 amide bonds. The maximum Gasteiger partial charge on any atom is 0.0771 e. The highest BCUT2D eigenvalue weighted by molar-refractivity contribution is 9.10. The number of aliphatic hydroxyl groups is 1. The van der Waals surface area contributed by atoms with Crippen LogP contribution in [0.15, 0.2) is 22.7 Å². The molecule has 0 aliphatic heterocycles. The minimum Gasteiger partial charge on any atom is -0.389 e. The topological polar surface area (TPSA) is 32.3 Å². The molecule has 0 aromatic heterocycles. The van der Waals surface area contributed by atoms with Crippen molar-refractivity contribution in [3.8, 4) is 0 Å².